The van der Waals surface area contributed by atoms with E-state index >= 15 is 0 Å². The van der Waals surface area contributed by atoms with Crippen LogP contribution in [0.4, 0.5) is 0 Å². The van der Waals surface area contributed by atoms with Gasteiger partial charge in [0.05, 0.1) is 6.61 Å². The van der Waals surface area contributed by atoms with Crippen molar-refractivity contribution in [3.8, 4) is 0 Å². The van der Waals surface area contributed by atoms with Crippen LogP contribution in [-0.4, -0.2) is 25.2 Å². The van der Waals surface area contributed by atoms with Crippen molar-refractivity contribution >= 4 is 5.97 Å². The van der Waals surface area contributed by atoms with Gasteiger partial charge in [0.25, 0.3) is 0 Å². The zero-order chi connectivity index (χ0) is 13.2. The largest absolute Gasteiger partial charge is 0.465 e. The van der Waals surface area contributed by atoms with Gasteiger partial charge in [-0.05, 0) is 52.0 Å². The summed E-state index contributed by atoms with van der Waals surface area (Å²) in [4.78, 5) is 11.7. The van der Waals surface area contributed by atoms with Crippen molar-refractivity contribution in [3.05, 3.63) is 11.6 Å². The van der Waals surface area contributed by atoms with E-state index in [1.54, 1.807) is 5.57 Å². The molecule has 1 aliphatic carbocycles. The van der Waals surface area contributed by atoms with E-state index in [0.717, 1.165) is 25.8 Å². The normalized spacial score (nSPS) is 17.1. The molecule has 0 spiro atoms. The maximum absolute atomic E-state index is 11.7. The third-order valence-electron chi connectivity index (χ3n) is 3.37. The second-order valence-electron chi connectivity index (χ2n) is 4.91. The van der Waals surface area contributed by atoms with E-state index in [4.69, 9.17) is 4.74 Å². The molecule has 1 aliphatic rings. The van der Waals surface area contributed by atoms with Crippen LogP contribution in [0.2, 0.25) is 0 Å². The van der Waals surface area contributed by atoms with Crippen molar-refractivity contribution in [1.29, 1.82) is 0 Å². The SMILES string of the molecule is CCCC(NCCC1=CCCCC1)C(=O)OCC. The van der Waals surface area contributed by atoms with E-state index < -0.39 is 0 Å². The predicted molar refractivity (Wildman–Crippen MR) is 74.5 cm³/mol. The molecule has 3 nitrogen and oxygen atoms in total. The highest BCUT2D eigenvalue weighted by molar-refractivity contribution is 5.75. The first-order valence-corrected chi connectivity index (χ1v) is 7.35. The molecule has 0 aromatic carbocycles. The quantitative estimate of drug-likeness (QED) is 0.533. The number of allylic oxidation sites excluding steroid dienone is 1. The molecule has 0 fully saturated rings. The fourth-order valence-electron chi connectivity index (χ4n) is 2.37. The summed E-state index contributed by atoms with van der Waals surface area (Å²) < 4.78 is 5.08. The summed E-state index contributed by atoms with van der Waals surface area (Å²) >= 11 is 0. The number of hydrogen-bond donors (Lipinski definition) is 1. The van der Waals surface area contributed by atoms with Crippen LogP contribution in [0.25, 0.3) is 0 Å². The van der Waals surface area contributed by atoms with Crippen molar-refractivity contribution in [2.24, 2.45) is 0 Å². The summed E-state index contributed by atoms with van der Waals surface area (Å²) in [5.74, 6) is -0.100. The van der Waals surface area contributed by atoms with Crippen LogP contribution in [0.3, 0.4) is 0 Å². The highest BCUT2D eigenvalue weighted by Crippen LogP contribution is 2.19. The first kappa shape index (κ1) is 15.2. The summed E-state index contributed by atoms with van der Waals surface area (Å²) in [6.45, 7) is 5.30. The first-order valence-electron chi connectivity index (χ1n) is 7.35. The van der Waals surface area contributed by atoms with Gasteiger partial charge in [-0.25, -0.2) is 0 Å². The molecule has 0 radical (unpaired) electrons. The second kappa shape index (κ2) is 9.15. The Morgan fingerprint density at radius 2 is 2.28 bits per heavy atom. The molecule has 0 amide bonds. The molecule has 18 heavy (non-hydrogen) atoms. The van der Waals surface area contributed by atoms with E-state index in [0.29, 0.717) is 6.61 Å². The second-order valence-corrected chi connectivity index (χ2v) is 4.91. The van der Waals surface area contributed by atoms with E-state index in [1.807, 2.05) is 6.92 Å². The lowest BCUT2D eigenvalue weighted by Gasteiger charge is -2.18. The Hall–Kier alpha value is -0.830. The molecule has 0 aromatic heterocycles. The molecule has 104 valence electrons. The van der Waals surface area contributed by atoms with Crippen LogP contribution in [0, 0.1) is 0 Å². The van der Waals surface area contributed by atoms with Crippen LogP contribution in [0.5, 0.6) is 0 Å². The number of nitrogens with one attached hydrogen (secondary N) is 1. The smallest absolute Gasteiger partial charge is 0.323 e. The maximum Gasteiger partial charge on any atom is 0.323 e. The molecule has 0 aromatic rings. The molecular formula is C15H27NO2. The molecule has 1 N–H and O–H groups in total. The van der Waals surface area contributed by atoms with Gasteiger partial charge in [0, 0.05) is 0 Å². The number of carbonyl (C=O) groups is 1. The van der Waals surface area contributed by atoms with Gasteiger partial charge in [-0.15, -0.1) is 0 Å². The number of ether oxygens (including phenoxy) is 1. The molecule has 0 bridgehead atoms. The van der Waals surface area contributed by atoms with Crippen LogP contribution in [-0.2, 0) is 9.53 Å². The van der Waals surface area contributed by atoms with Crippen molar-refractivity contribution in [2.75, 3.05) is 13.2 Å². The highest BCUT2D eigenvalue weighted by Gasteiger charge is 2.17. The minimum Gasteiger partial charge on any atom is -0.465 e. The lowest BCUT2D eigenvalue weighted by Crippen LogP contribution is -2.38. The summed E-state index contributed by atoms with van der Waals surface area (Å²) in [5.41, 5.74) is 1.55. The zero-order valence-corrected chi connectivity index (χ0v) is 11.8. The molecule has 3 heteroatoms. The molecule has 0 saturated carbocycles. The van der Waals surface area contributed by atoms with Crippen LogP contribution < -0.4 is 5.32 Å². The van der Waals surface area contributed by atoms with Gasteiger partial charge in [-0.3, -0.25) is 4.79 Å². The molecular weight excluding hydrogens is 226 g/mol. The number of esters is 1. The predicted octanol–water partition coefficient (Wildman–Crippen LogP) is 3.20. The van der Waals surface area contributed by atoms with Crippen LogP contribution >= 0.6 is 0 Å². The highest BCUT2D eigenvalue weighted by atomic mass is 16.5. The average molecular weight is 253 g/mol. The third-order valence-corrected chi connectivity index (χ3v) is 3.37. The monoisotopic (exact) mass is 253 g/mol. The van der Waals surface area contributed by atoms with Gasteiger partial charge in [0.15, 0.2) is 0 Å². The minimum absolute atomic E-state index is 0.100. The Morgan fingerprint density at radius 1 is 1.44 bits per heavy atom. The lowest BCUT2D eigenvalue weighted by molar-refractivity contribution is -0.145. The molecule has 1 unspecified atom stereocenters. The number of rotatable bonds is 8. The van der Waals surface area contributed by atoms with E-state index in [-0.39, 0.29) is 12.0 Å². The lowest BCUT2D eigenvalue weighted by atomic mass is 9.97. The third kappa shape index (κ3) is 5.67. The fraction of sp³-hybridized carbons (Fsp3) is 0.800. The van der Waals surface area contributed by atoms with Gasteiger partial charge >= 0.3 is 5.97 Å². The van der Waals surface area contributed by atoms with Gasteiger partial charge in [0.2, 0.25) is 0 Å². The summed E-state index contributed by atoms with van der Waals surface area (Å²) in [6, 6.07) is -0.126. The number of carbonyl (C=O) groups excluding carboxylic acids is 1. The first-order chi connectivity index (χ1) is 8.77. The molecule has 0 aliphatic heterocycles. The zero-order valence-electron chi connectivity index (χ0n) is 11.8. The van der Waals surface area contributed by atoms with Crippen molar-refractivity contribution in [1.82, 2.24) is 5.32 Å². The standard InChI is InChI=1S/C15H27NO2/c1-3-8-14(15(17)18-4-2)16-12-11-13-9-6-5-7-10-13/h9,14,16H,3-8,10-12H2,1-2H3. The van der Waals surface area contributed by atoms with Gasteiger partial charge in [-0.2, -0.15) is 0 Å². The van der Waals surface area contributed by atoms with Crippen molar-refractivity contribution in [2.45, 2.75) is 64.8 Å². The molecule has 0 saturated heterocycles. The van der Waals surface area contributed by atoms with Crippen molar-refractivity contribution in [3.63, 3.8) is 0 Å². The Morgan fingerprint density at radius 3 is 2.89 bits per heavy atom. The van der Waals surface area contributed by atoms with E-state index in [1.165, 1.54) is 25.7 Å². The summed E-state index contributed by atoms with van der Waals surface area (Å²) in [5, 5.41) is 3.34. The number of hydrogen-bond acceptors (Lipinski definition) is 3. The molecule has 0 heterocycles. The maximum atomic E-state index is 11.7. The van der Waals surface area contributed by atoms with Gasteiger partial charge in [0.1, 0.15) is 6.04 Å². The summed E-state index contributed by atoms with van der Waals surface area (Å²) in [6.07, 6.45) is 10.4. The van der Waals surface area contributed by atoms with E-state index in [2.05, 4.69) is 18.3 Å². The fourth-order valence-corrected chi connectivity index (χ4v) is 2.37. The van der Waals surface area contributed by atoms with Gasteiger partial charge in [-0.1, -0.05) is 25.0 Å². The van der Waals surface area contributed by atoms with Crippen LogP contribution in [0.15, 0.2) is 11.6 Å². The Bertz CT molecular complexity index is 274. The molecule has 1 rings (SSSR count). The summed E-state index contributed by atoms with van der Waals surface area (Å²) in [7, 11) is 0. The Kier molecular flexibility index (Phi) is 7.74. The van der Waals surface area contributed by atoms with E-state index in [9.17, 15) is 4.79 Å². The Balaban J connectivity index is 2.28. The van der Waals surface area contributed by atoms with Gasteiger partial charge < -0.3 is 10.1 Å². The Labute approximate surface area is 111 Å². The minimum atomic E-state index is -0.126. The van der Waals surface area contributed by atoms with Crippen molar-refractivity contribution < 1.29 is 9.53 Å². The van der Waals surface area contributed by atoms with Crippen LogP contribution in [0.1, 0.15) is 58.8 Å². The molecule has 1 atom stereocenters. The average Bonchev–Trinajstić information content (AvgIpc) is 2.39. The topological polar surface area (TPSA) is 38.3 Å².